The number of carbonyl (C=O) groups excluding carboxylic acids is 2. The van der Waals surface area contributed by atoms with Gasteiger partial charge in [0.25, 0.3) is 0 Å². The number of aryl methyl sites for hydroxylation is 1. The normalized spacial score (nSPS) is 16.6. The first-order valence-corrected chi connectivity index (χ1v) is 8.76. The molecule has 1 aliphatic carbocycles. The maximum atomic E-state index is 12.1. The largest absolute Gasteiger partial charge is 0.294 e. The Labute approximate surface area is 144 Å². The van der Waals surface area contributed by atoms with Crippen molar-refractivity contribution < 1.29 is 9.59 Å². The van der Waals surface area contributed by atoms with E-state index in [4.69, 9.17) is 0 Å². The van der Waals surface area contributed by atoms with Gasteiger partial charge in [-0.15, -0.1) is 0 Å². The molecule has 2 aromatic heterocycles. The molecule has 0 spiro atoms. The maximum absolute atomic E-state index is 12.1. The van der Waals surface area contributed by atoms with Crippen molar-refractivity contribution in [1.82, 2.24) is 15.0 Å². The molecule has 0 saturated carbocycles. The fourth-order valence-electron chi connectivity index (χ4n) is 2.75. The number of nitrogens with zero attached hydrogens (tertiary/aromatic N) is 3. The first-order valence-electron chi connectivity index (χ1n) is 7.77. The van der Waals surface area contributed by atoms with Crippen LogP contribution in [0.5, 0.6) is 0 Å². The molecule has 6 nitrogen and oxygen atoms in total. The highest BCUT2D eigenvalue weighted by molar-refractivity contribution is 7.99. The molecule has 0 radical (unpaired) electrons. The Morgan fingerprint density at radius 2 is 2.17 bits per heavy atom. The Morgan fingerprint density at radius 1 is 1.33 bits per heavy atom. The highest BCUT2D eigenvalue weighted by atomic mass is 32.2. The minimum Gasteiger partial charge on any atom is -0.294 e. The Bertz CT molecular complexity index is 780. The zero-order valence-electron chi connectivity index (χ0n) is 13.6. The zero-order valence-corrected chi connectivity index (χ0v) is 14.4. The van der Waals surface area contributed by atoms with Gasteiger partial charge in [0, 0.05) is 12.6 Å². The lowest BCUT2D eigenvalue weighted by atomic mass is 9.86. The molecule has 2 heterocycles. The van der Waals surface area contributed by atoms with Crippen molar-refractivity contribution in [2.45, 2.75) is 31.7 Å². The minimum absolute atomic E-state index is 0.0878. The van der Waals surface area contributed by atoms with E-state index in [2.05, 4.69) is 20.3 Å². The third-order valence-electron chi connectivity index (χ3n) is 3.76. The van der Waals surface area contributed by atoms with Crippen LogP contribution in [0.4, 0.5) is 5.95 Å². The quantitative estimate of drug-likeness (QED) is 0.860. The summed E-state index contributed by atoms with van der Waals surface area (Å²) in [6.45, 7) is 3.81. The fourth-order valence-corrected chi connectivity index (χ4v) is 3.41. The number of fused-ring (bicyclic) bond motifs is 1. The van der Waals surface area contributed by atoms with E-state index in [9.17, 15) is 9.59 Å². The summed E-state index contributed by atoms with van der Waals surface area (Å²) in [6, 6.07) is 5.56. The van der Waals surface area contributed by atoms with E-state index in [-0.39, 0.29) is 29.3 Å². The summed E-state index contributed by atoms with van der Waals surface area (Å²) in [4.78, 5) is 37.0. The summed E-state index contributed by atoms with van der Waals surface area (Å²) in [5.41, 5.74) is 1.98. The fraction of sp³-hybridized carbons (Fsp3) is 0.353. The summed E-state index contributed by atoms with van der Waals surface area (Å²) in [7, 11) is 0. The van der Waals surface area contributed by atoms with Gasteiger partial charge in [-0.2, -0.15) is 0 Å². The van der Waals surface area contributed by atoms with E-state index in [0.717, 1.165) is 17.1 Å². The second-order valence-electron chi connectivity index (χ2n) is 5.90. The van der Waals surface area contributed by atoms with Crippen molar-refractivity contribution in [2.75, 3.05) is 11.1 Å². The van der Waals surface area contributed by atoms with Gasteiger partial charge in [0.05, 0.1) is 27.7 Å². The molecule has 0 bridgehead atoms. The van der Waals surface area contributed by atoms with Crippen LogP contribution in [-0.2, 0) is 11.2 Å². The van der Waals surface area contributed by atoms with Crippen LogP contribution >= 0.6 is 11.8 Å². The Balaban J connectivity index is 1.69. The Morgan fingerprint density at radius 3 is 2.92 bits per heavy atom. The van der Waals surface area contributed by atoms with Crippen molar-refractivity contribution in [3.63, 3.8) is 0 Å². The van der Waals surface area contributed by atoms with Gasteiger partial charge in [0.15, 0.2) is 5.78 Å². The molecule has 1 N–H and O–H groups in total. The molecule has 3 rings (SSSR count). The van der Waals surface area contributed by atoms with Crippen LogP contribution < -0.4 is 5.32 Å². The third kappa shape index (κ3) is 3.79. The van der Waals surface area contributed by atoms with Crippen molar-refractivity contribution in [3.05, 3.63) is 41.3 Å². The van der Waals surface area contributed by atoms with Gasteiger partial charge in [-0.25, -0.2) is 15.0 Å². The molecule has 7 heteroatoms. The average Bonchev–Trinajstić information content (AvgIpc) is 2.53. The number of nitrogens with one attached hydrogen (secondary N) is 1. The molecule has 24 heavy (non-hydrogen) atoms. The van der Waals surface area contributed by atoms with Crippen LogP contribution in [0.25, 0.3) is 0 Å². The first kappa shape index (κ1) is 16.6. The van der Waals surface area contributed by atoms with E-state index >= 15 is 0 Å². The van der Waals surface area contributed by atoms with Crippen LogP contribution in [0.3, 0.4) is 0 Å². The summed E-state index contributed by atoms with van der Waals surface area (Å²) in [5, 5.41) is 3.50. The van der Waals surface area contributed by atoms with Gasteiger partial charge in [-0.3, -0.25) is 14.9 Å². The predicted molar refractivity (Wildman–Crippen MR) is 92.2 cm³/mol. The van der Waals surface area contributed by atoms with Gasteiger partial charge in [-0.1, -0.05) is 24.8 Å². The van der Waals surface area contributed by atoms with E-state index in [0.29, 0.717) is 17.7 Å². The number of carbonyl (C=O) groups is 2. The molecule has 1 unspecified atom stereocenters. The molecule has 124 valence electrons. The summed E-state index contributed by atoms with van der Waals surface area (Å²) < 4.78 is 0. The lowest BCUT2D eigenvalue weighted by Gasteiger charge is -2.21. The van der Waals surface area contributed by atoms with Crippen molar-refractivity contribution in [2.24, 2.45) is 5.92 Å². The number of hydrogen-bond acceptors (Lipinski definition) is 6. The topological polar surface area (TPSA) is 84.8 Å². The highest BCUT2D eigenvalue weighted by Crippen LogP contribution is 2.26. The number of Topliss-reactive ketones (excluding diaryl/α,β-unsaturated/α-hetero) is 1. The molecule has 1 atom stereocenters. The number of aromatic nitrogens is 3. The van der Waals surface area contributed by atoms with Gasteiger partial charge >= 0.3 is 0 Å². The molecule has 0 saturated heterocycles. The number of hydrogen-bond donors (Lipinski definition) is 1. The smallest absolute Gasteiger partial charge is 0.237 e. The maximum Gasteiger partial charge on any atom is 0.237 e. The molecular formula is C17H18N4O2S. The van der Waals surface area contributed by atoms with Crippen LogP contribution in [0.1, 0.15) is 35.1 Å². The van der Waals surface area contributed by atoms with E-state index in [1.807, 2.05) is 25.1 Å². The van der Waals surface area contributed by atoms with E-state index < -0.39 is 0 Å². The first-order chi connectivity index (χ1) is 11.5. The summed E-state index contributed by atoms with van der Waals surface area (Å²) in [5.74, 6) is 0.651. The zero-order chi connectivity index (χ0) is 17.1. The predicted octanol–water partition coefficient (Wildman–Crippen LogP) is 2.68. The molecule has 0 aliphatic heterocycles. The SMILES string of the molecule is Cc1nc(NC(=O)CSc2ccccn2)nc2c1C(=O)CC(C)C2. The van der Waals surface area contributed by atoms with Crippen LogP contribution in [0, 0.1) is 12.8 Å². The number of anilines is 1. The summed E-state index contributed by atoms with van der Waals surface area (Å²) >= 11 is 1.35. The van der Waals surface area contributed by atoms with Gasteiger partial charge in [0.2, 0.25) is 11.9 Å². The lowest BCUT2D eigenvalue weighted by molar-refractivity contribution is -0.113. The van der Waals surface area contributed by atoms with Gasteiger partial charge < -0.3 is 0 Å². The lowest BCUT2D eigenvalue weighted by Crippen LogP contribution is -2.24. The number of amides is 1. The van der Waals surface area contributed by atoms with Crippen LogP contribution in [-0.4, -0.2) is 32.4 Å². The molecule has 1 amide bonds. The van der Waals surface area contributed by atoms with Gasteiger partial charge in [-0.05, 0) is 31.4 Å². The standard InChI is InChI=1S/C17H18N4O2S/c1-10-7-12-16(13(22)8-10)11(2)19-17(20-12)21-14(23)9-24-15-5-3-4-6-18-15/h3-6,10H,7-9H2,1-2H3,(H,19,20,21,23). The van der Waals surface area contributed by atoms with Crippen molar-refractivity contribution in [1.29, 1.82) is 0 Å². The van der Waals surface area contributed by atoms with Crippen molar-refractivity contribution in [3.8, 4) is 0 Å². The number of rotatable bonds is 4. The second-order valence-corrected chi connectivity index (χ2v) is 6.89. The molecule has 0 fully saturated rings. The number of pyridine rings is 1. The second kappa shape index (κ2) is 7.09. The monoisotopic (exact) mass is 342 g/mol. The summed E-state index contributed by atoms with van der Waals surface area (Å²) in [6.07, 6.45) is 2.95. The van der Waals surface area contributed by atoms with E-state index in [1.54, 1.807) is 13.1 Å². The third-order valence-corrected chi connectivity index (χ3v) is 4.70. The molecule has 2 aromatic rings. The molecule has 0 aromatic carbocycles. The number of ketones is 1. The van der Waals surface area contributed by atoms with Crippen LogP contribution in [0.15, 0.2) is 29.4 Å². The van der Waals surface area contributed by atoms with E-state index in [1.165, 1.54) is 11.8 Å². The Kier molecular flexibility index (Phi) is 4.89. The van der Waals surface area contributed by atoms with Crippen molar-refractivity contribution >= 4 is 29.4 Å². The van der Waals surface area contributed by atoms with Gasteiger partial charge in [0.1, 0.15) is 0 Å². The average molecular weight is 342 g/mol. The number of thioether (sulfide) groups is 1. The Hall–Kier alpha value is -2.28. The van der Waals surface area contributed by atoms with Crippen LogP contribution in [0.2, 0.25) is 0 Å². The highest BCUT2D eigenvalue weighted by Gasteiger charge is 2.26. The minimum atomic E-state index is -0.194. The molecule has 1 aliphatic rings. The molecular weight excluding hydrogens is 324 g/mol.